The first-order valence-corrected chi connectivity index (χ1v) is 8.16. The van der Waals surface area contributed by atoms with Gasteiger partial charge in [0.25, 0.3) is 11.6 Å². The Morgan fingerprint density at radius 3 is 2.54 bits per heavy atom. The minimum atomic E-state index is -0.706. The molecule has 0 aromatic heterocycles. The molecule has 1 unspecified atom stereocenters. The van der Waals surface area contributed by atoms with E-state index in [0.717, 1.165) is 5.56 Å². The molecule has 132 valence electrons. The smallest absolute Gasteiger partial charge is 0.273 e. The predicted molar refractivity (Wildman–Crippen MR) is 94.7 cm³/mol. The Bertz CT molecular complexity index is 900. The van der Waals surface area contributed by atoms with Gasteiger partial charge >= 0.3 is 0 Å². The van der Waals surface area contributed by atoms with Crippen LogP contribution in [-0.2, 0) is 11.3 Å². The van der Waals surface area contributed by atoms with Crippen molar-refractivity contribution in [2.24, 2.45) is 5.92 Å². The Morgan fingerprint density at radius 2 is 1.96 bits per heavy atom. The normalized spacial score (nSPS) is 16.0. The molecule has 7 heteroatoms. The van der Waals surface area contributed by atoms with Gasteiger partial charge in [0.15, 0.2) is 11.9 Å². The molecule has 1 amide bonds. The first kappa shape index (κ1) is 17.4. The third-order valence-corrected chi connectivity index (χ3v) is 4.24. The number of rotatable bonds is 4. The van der Waals surface area contributed by atoms with E-state index in [9.17, 15) is 14.9 Å². The molecular formula is C19H17N3O4. The summed E-state index contributed by atoms with van der Waals surface area (Å²) in [6.45, 7) is 4.03. The van der Waals surface area contributed by atoms with E-state index in [2.05, 4.69) is 6.07 Å². The van der Waals surface area contributed by atoms with Crippen LogP contribution in [0.5, 0.6) is 5.75 Å². The highest BCUT2D eigenvalue weighted by atomic mass is 16.6. The van der Waals surface area contributed by atoms with Crippen molar-refractivity contribution >= 4 is 17.3 Å². The molecule has 26 heavy (non-hydrogen) atoms. The fourth-order valence-corrected chi connectivity index (χ4v) is 2.84. The number of hydrogen-bond donors (Lipinski definition) is 0. The van der Waals surface area contributed by atoms with Crippen LogP contribution in [0.15, 0.2) is 42.5 Å². The summed E-state index contributed by atoms with van der Waals surface area (Å²) in [5.41, 5.74) is 1.81. The van der Waals surface area contributed by atoms with Gasteiger partial charge in [-0.1, -0.05) is 26.0 Å². The van der Waals surface area contributed by atoms with Gasteiger partial charge in [0, 0.05) is 6.07 Å². The van der Waals surface area contributed by atoms with E-state index < -0.39 is 11.0 Å². The molecule has 1 aliphatic heterocycles. The van der Waals surface area contributed by atoms with Gasteiger partial charge in [-0.2, -0.15) is 5.26 Å². The summed E-state index contributed by atoms with van der Waals surface area (Å²) in [6, 6.07) is 13.3. The first-order valence-electron chi connectivity index (χ1n) is 8.16. The number of hydrogen-bond acceptors (Lipinski definition) is 5. The van der Waals surface area contributed by atoms with E-state index in [1.807, 2.05) is 13.8 Å². The summed E-state index contributed by atoms with van der Waals surface area (Å²) in [5, 5.41) is 19.9. The third-order valence-electron chi connectivity index (χ3n) is 4.24. The molecule has 2 aromatic rings. The summed E-state index contributed by atoms with van der Waals surface area (Å²) >= 11 is 0. The number of ether oxygens (including phenoxy) is 1. The topological polar surface area (TPSA) is 96.5 Å². The maximum Gasteiger partial charge on any atom is 0.273 e. The van der Waals surface area contributed by atoms with Crippen LogP contribution in [-0.4, -0.2) is 16.9 Å². The van der Waals surface area contributed by atoms with E-state index in [-0.39, 0.29) is 17.5 Å². The van der Waals surface area contributed by atoms with Crippen molar-refractivity contribution in [3.63, 3.8) is 0 Å². The number of amides is 1. The largest absolute Gasteiger partial charge is 0.478 e. The summed E-state index contributed by atoms with van der Waals surface area (Å²) in [5.74, 6) is 0.0511. The summed E-state index contributed by atoms with van der Waals surface area (Å²) in [4.78, 5) is 25.0. The number of nitro groups is 1. The molecule has 0 saturated carbocycles. The SMILES string of the molecule is CC(C)C1Oc2cc([N+](=O)[O-])ccc2N(Cc2ccc(C#N)cc2)C1=O. The minimum Gasteiger partial charge on any atom is -0.478 e. The lowest BCUT2D eigenvalue weighted by Gasteiger charge is -2.36. The van der Waals surface area contributed by atoms with E-state index in [0.29, 0.717) is 23.5 Å². The van der Waals surface area contributed by atoms with Crippen LogP contribution < -0.4 is 9.64 Å². The van der Waals surface area contributed by atoms with Crippen LogP contribution in [0.25, 0.3) is 0 Å². The Morgan fingerprint density at radius 1 is 1.27 bits per heavy atom. The lowest BCUT2D eigenvalue weighted by molar-refractivity contribution is -0.384. The first-order chi connectivity index (χ1) is 12.4. The number of nitro benzene ring substituents is 1. The highest BCUT2D eigenvalue weighted by Gasteiger charge is 2.37. The van der Waals surface area contributed by atoms with Crippen LogP contribution >= 0.6 is 0 Å². The van der Waals surface area contributed by atoms with E-state index in [1.165, 1.54) is 18.2 Å². The van der Waals surface area contributed by atoms with E-state index >= 15 is 0 Å². The molecular weight excluding hydrogens is 334 g/mol. The molecule has 0 saturated heterocycles. The van der Waals surface area contributed by atoms with E-state index in [4.69, 9.17) is 10.00 Å². The summed E-state index contributed by atoms with van der Waals surface area (Å²) in [6.07, 6.45) is -0.706. The molecule has 1 heterocycles. The lowest BCUT2D eigenvalue weighted by Crippen LogP contribution is -2.48. The number of nitriles is 1. The van der Waals surface area contributed by atoms with Crippen LogP contribution in [0.1, 0.15) is 25.0 Å². The molecule has 0 fully saturated rings. The van der Waals surface area contributed by atoms with Gasteiger partial charge in [-0.3, -0.25) is 14.9 Å². The number of carbonyl (C=O) groups is 1. The maximum absolute atomic E-state index is 12.9. The summed E-state index contributed by atoms with van der Waals surface area (Å²) < 4.78 is 5.76. The average molecular weight is 351 g/mol. The van der Waals surface area contributed by atoms with Crippen molar-refractivity contribution in [1.82, 2.24) is 0 Å². The Kier molecular flexibility index (Phi) is 4.59. The quantitative estimate of drug-likeness (QED) is 0.621. The highest BCUT2D eigenvalue weighted by molar-refractivity contribution is 6.00. The molecule has 7 nitrogen and oxygen atoms in total. The number of nitrogens with zero attached hydrogens (tertiary/aromatic N) is 3. The Hall–Kier alpha value is -3.40. The number of carbonyl (C=O) groups excluding carboxylic acids is 1. The van der Waals surface area contributed by atoms with Gasteiger partial charge in [-0.25, -0.2) is 0 Å². The van der Waals surface area contributed by atoms with Crippen molar-refractivity contribution < 1.29 is 14.5 Å². The van der Waals surface area contributed by atoms with Gasteiger partial charge in [0.2, 0.25) is 0 Å². The highest BCUT2D eigenvalue weighted by Crippen LogP contribution is 2.39. The molecule has 0 spiro atoms. The molecule has 1 aliphatic rings. The molecule has 0 radical (unpaired) electrons. The van der Waals surface area contributed by atoms with Crippen LogP contribution in [0.3, 0.4) is 0 Å². The Labute approximate surface area is 150 Å². The monoisotopic (exact) mass is 351 g/mol. The molecule has 1 atom stereocenters. The average Bonchev–Trinajstić information content (AvgIpc) is 2.63. The van der Waals surface area contributed by atoms with Gasteiger partial charge in [-0.05, 0) is 29.7 Å². The molecule has 0 aliphatic carbocycles. The molecule has 0 bridgehead atoms. The van der Waals surface area contributed by atoms with Crippen LogP contribution in [0.2, 0.25) is 0 Å². The lowest BCUT2D eigenvalue weighted by atomic mass is 10.0. The number of fused-ring (bicyclic) bond motifs is 1. The second-order valence-corrected chi connectivity index (χ2v) is 6.42. The molecule has 0 N–H and O–H groups in total. The van der Waals surface area contributed by atoms with Crippen molar-refractivity contribution in [3.8, 4) is 11.8 Å². The zero-order valence-corrected chi connectivity index (χ0v) is 14.4. The zero-order chi connectivity index (χ0) is 18.8. The van der Waals surface area contributed by atoms with Gasteiger partial charge in [-0.15, -0.1) is 0 Å². The second kappa shape index (κ2) is 6.84. The van der Waals surface area contributed by atoms with Crippen molar-refractivity contribution in [2.75, 3.05) is 4.90 Å². The third kappa shape index (κ3) is 3.22. The number of anilines is 1. The van der Waals surface area contributed by atoms with Crippen molar-refractivity contribution in [2.45, 2.75) is 26.5 Å². The zero-order valence-electron chi connectivity index (χ0n) is 14.4. The van der Waals surface area contributed by atoms with Crippen LogP contribution in [0, 0.1) is 27.4 Å². The standard InChI is InChI=1S/C19H17N3O4/c1-12(2)18-19(23)21(11-14-5-3-13(10-20)4-6-14)16-8-7-15(22(24)25)9-17(16)26-18/h3-9,12,18H,11H2,1-2H3. The Balaban J connectivity index is 2.00. The number of benzene rings is 2. The molecule has 3 rings (SSSR count). The van der Waals surface area contributed by atoms with Crippen LogP contribution in [0.4, 0.5) is 11.4 Å². The predicted octanol–water partition coefficient (Wildman–Crippen LogP) is 3.42. The fraction of sp³-hybridized carbons (Fsp3) is 0.263. The van der Waals surface area contributed by atoms with E-state index in [1.54, 1.807) is 29.2 Å². The summed E-state index contributed by atoms with van der Waals surface area (Å²) in [7, 11) is 0. The molecule has 2 aromatic carbocycles. The van der Waals surface area contributed by atoms with Gasteiger partial charge < -0.3 is 9.64 Å². The fourth-order valence-electron chi connectivity index (χ4n) is 2.84. The minimum absolute atomic E-state index is 0.0843. The maximum atomic E-state index is 12.9. The van der Waals surface area contributed by atoms with Gasteiger partial charge in [0.1, 0.15) is 0 Å². The van der Waals surface area contributed by atoms with Crippen molar-refractivity contribution in [1.29, 1.82) is 5.26 Å². The van der Waals surface area contributed by atoms with Crippen molar-refractivity contribution in [3.05, 3.63) is 63.7 Å². The number of non-ortho nitro benzene ring substituents is 1. The second-order valence-electron chi connectivity index (χ2n) is 6.42. The van der Waals surface area contributed by atoms with Gasteiger partial charge in [0.05, 0.1) is 34.9 Å².